The average molecular weight is 1050 g/mol. The van der Waals surface area contributed by atoms with Gasteiger partial charge in [0.25, 0.3) is 0 Å². The largest absolute Gasteiger partial charge is 0.480 e. The van der Waals surface area contributed by atoms with Crippen LogP contribution in [0.5, 0.6) is 0 Å². The Hall–Kier alpha value is -6.12. The number of carboxylic acids is 1. The van der Waals surface area contributed by atoms with Crippen molar-refractivity contribution in [2.45, 2.75) is 141 Å². The lowest BCUT2D eigenvalue weighted by molar-refractivity contribution is -0.145. The molecule has 400 valence electrons. The number of aromatic nitrogens is 1. The van der Waals surface area contributed by atoms with Crippen LogP contribution in [-0.4, -0.2) is 164 Å². The Kier molecular flexibility index (Phi) is 24.1. The number of carbonyl (C=O) groups is 9. The van der Waals surface area contributed by atoms with Gasteiger partial charge in [0.1, 0.15) is 42.3 Å². The van der Waals surface area contributed by atoms with Crippen LogP contribution in [0.4, 0.5) is 0 Å². The maximum atomic E-state index is 14.6. The second-order valence-electron chi connectivity index (χ2n) is 18.6. The third-order valence-corrected chi connectivity index (χ3v) is 12.5. The fraction of sp³-hybridized carbons (Fsp3) is 0.609. The van der Waals surface area contributed by atoms with Crippen molar-refractivity contribution in [1.82, 2.24) is 47.1 Å². The highest BCUT2D eigenvalue weighted by molar-refractivity contribution is 7.80. The van der Waals surface area contributed by atoms with Crippen LogP contribution in [0, 0.1) is 11.8 Å². The number of nitrogens with two attached hydrogens (primary N) is 3. The Morgan fingerprint density at radius 2 is 1.29 bits per heavy atom. The molecule has 0 unspecified atom stereocenters. The zero-order valence-electron chi connectivity index (χ0n) is 41.5. The molecule has 2 heterocycles. The summed E-state index contributed by atoms with van der Waals surface area (Å²) in [5.74, 6) is -8.71. The van der Waals surface area contributed by atoms with E-state index >= 15 is 0 Å². The summed E-state index contributed by atoms with van der Waals surface area (Å²) in [4.78, 5) is 130. The van der Waals surface area contributed by atoms with Gasteiger partial charge >= 0.3 is 5.97 Å². The summed E-state index contributed by atoms with van der Waals surface area (Å²) in [6, 6.07) is -4.04. The molecule has 3 rings (SSSR count). The van der Waals surface area contributed by atoms with Crippen LogP contribution in [0.15, 0.2) is 35.5 Å². The summed E-state index contributed by atoms with van der Waals surface area (Å²) >= 11 is 8.46. The normalized spacial score (nSPS) is 17.2. The Morgan fingerprint density at radius 3 is 1.88 bits per heavy atom. The minimum Gasteiger partial charge on any atom is -0.480 e. The lowest BCUT2D eigenvalue weighted by Crippen LogP contribution is -2.61. The zero-order chi connectivity index (χ0) is 54.0. The van der Waals surface area contributed by atoms with Crippen LogP contribution < -0.4 is 54.4 Å². The van der Waals surface area contributed by atoms with E-state index in [1.165, 1.54) is 18.7 Å². The first-order valence-corrected chi connectivity index (χ1v) is 25.1. The SMILES string of the molecule is CC(C)C[C@H](NC(=O)[C@H](C)N)C(=O)N[C@@H](CS)C(=O)N[C@@H](Cc1c[nH]c2ccccc12)C(=O)N[C@@H](CCCN=C(N)N)C(=O)N[C@H](C(=O)N1CCC[C@H]1C(=O)N[C@@H](CS)C(=O)N[C@H](C(=O)O)[C@@H](C)O)C(C)C. The lowest BCUT2D eigenvalue weighted by Gasteiger charge is -2.32. The van der Waals surface area contributed by atoms with Crippen LogP contribution in [-0.2, 0) is 49.6 Å². The number of guanidine groups is 1. The molecule has 0 saturated carbocycles. The van der Waals surface area contributed by atoms with Crippen molar-refractivity contribution in [2.24, 2.45) is 34.0 Å². The molecular formula is C46H73N13O11S2. The van der Waals surface area contributed by atoms with Gasteiger partial charge in [-0.05, 0) is 69.4 Å². The second-order valence-corrected chi connectivity index (χ2v) is 19.3. The van der Waals surface area contributed by atoms with Gasteiger partial charge in [0.05, 0.1) is 12.1 Å². The van der Waals surface area contributed by atoms with Crippen molar-refractivity contribution in [3.8, 4) is 0 Å². The summed E-state index contributed by atoms with van der Waals surface area (Å²) in [6.45, 7) is 9.85. The number of thiol groups is 2. The second kappa shape index (κ2) is 28.8. The Bertz CT molecular complexity index is 2260. The van der Waals surface area contributed by atoms with Crippen LogP contribution in [0.1, 0.15) is 79.2 Å². The summed E-state index contributed by atoms with van der Waals surface area (Å²) in [5.41, 5.74) is 18.2. The van der Waals surface area contributed by atoms with Crippen molar-refractivity contribution in [3.63, 3.8) is 0 Å². The predicted octanol–water partition coefficient (Wildman–Crippen LogP) is -2.48. The minimum atomic E-state index is -1.66. The molecule has 1 aliphatic heterocycles. The van der Waals surface area contributed by atoms with Crippen molar-refractivity contribution in [1.29, 1.82) is 0 Å². The average Bonchev–Trinajstić information content (AvgIpc) is 3.98. The number of carbonyl (C=O) groups excluding carboxylic acids is 8. The highest BCUT2D eigenvalue weighted by Crippen LogP contribution is 2.22. The number of hydrogen-bond acceptors (Lipinski definition) is 14. The molecule has 1 aliphatic rings. The highest BCUT2D eigenvalue weighted by Gasteiger charge is 2.41. The molecule has 1 fully saturated rings. The Balaban J connectivity index is 1.92. The number of aliphatic imine (C=N–C) groups is 1. The molecule has 16 N–H and O–H groups in total. The quantitative estimate of drug-likeness (QED) is 0.0182. The maximum Gasteiger partial charge on any atom is 0.328 e. The summed E-state index contributed by atoms with van der Waals surface area (Å²) in [6.07, 6.45) is 1.03. The van der Waals surface area contributed by atoms with E-state index in [0.717, 1.165) is 10.9 Å². The van der Waals surface area contributed by atoms with E-state index in [1.807, 2.05) is 32.0 Å². The molecule has 10 atom stereocenters. The van der Waals surface area contributed by atoms with Crippen LogP contribution in [0.25, 0.3) is 10.9 Å². The number of hydrogen-bond donors (Lipinski definition) is 15. The van der Waals surface area contributed by atoms with Gasteiger partial charge in [-0.2, -0.15) is 25.3 Å². The van der Waals surface area contributed by atoms with Crippen LogP contribution >= 0.6 is 25.3 Å². The number of rotatable bonds is 28. The van der Waals surface area contributed by atoms with Gasteiger partial charge in [-0.15, -0.1) is 0 Å². The maximum absolute atomic E-state index is 14.6. The number of nitrogens with one attached hydrogen (secondary N) is 8. The molecule has 24 nitrogen and oxygen atoms in total. The third kappa shape index (κ3) is 17.9. The molecule has 0 radical (unpaired) electrons. The Labute approximate surface area is 429 Å². The standard InChI is InChI=1S/C46H73N13O11S2/c1-22(2)17-30(53-37(61)24(5)47)39(63)55-32(20-71)41(65)54-31(18-26-19-51-28-12-8-7-11-27(26)28)40(64)52-29(13-9-15-50-46(48)49)38(62)57-35(23(3)4)44(68)59-16-10-14-34(59)43(67)56-33(21-72)42(66)58-36(25(6)60)45(69)70/h7-8,11-12,19,22-25,29-36,51,60,71-72H,9-10,13-18,20-21,47H2,1-6H3,(H,52,64)(H,53,61)(H,54,65)(H,55,63)(H,56,67)(H,57,62)(H,58,66)(H,69,70)(H4,48,49,50)/t24-,25+,29-,30-,31-,32-,33-,34-,35-,36-/m0/s1. The molecule has 72 heavy (non-hydrogen) atoms. The predicted molar refractivity (Wildman–Crippen MR) is 275 cm³/mol. The number of aliphatic hydroxyl groups is 1. The van der Waals surface area contributed by atoms with Gasteiger partial charge in [0.15, 0.2) is 12.0 Å². The number of aromatic amines is 1. The fourth-order valence-electron chi connectivity index (χ4n) is 7.87. The van der Waals surface area contributed by atoms with Crippen molar-refractivity contribution >= 4 is 95.3 Å². The number of aliphatic carboxylic acids is 1. The summed E-state index contributed by atoms with van der Waals surface area (Å²) < 4.78 is 0. The van der Waals surface area contributed by atoms with E-state index < -0.39 is 120 Å². The molecule has 26 heteroatoms. The molecule has 1 aromatic carbocycles. The molecular weight excluding hydrogens is 975 g/mol. The van der Waals surface area contributed by atoms with E-state index in [2.05, 4.69) is 72.5 Å². The molecule has 2 aromatic rings. The number of aliphatic hydroxyl groups excluding tert-OH is 1. The first-order chi connectivity index (χ1) is 33.9. The topological polar surface area (TPSA) is 388 Å². The smallest absolute Gasteiger partial charge is 0.328 e. The minimum absolute atomic E-state index is 0.0398. The number of para-hydroxylation sites is 1. The zero-order valence-corrected chi connectivity index (χ0v) is 43.3. The molecule has 1 aromatic heterocycles. The van der Waals surface area contributed by atoms with Crippen LogP contribution in [0.3, 0.4) is 0 Å². The number of benzene rings is 1. The number of amides is 8. The van der Waals surface area contributed by atoms with Crippen LogP contribution in [0.2, 0.25) is 0 Å². The van der Waals surface area contributed by atoms with E-state index in [1.54, 1.807) is 26.1 Å². The lowest BCUT2D eigenvalue weighted by atomic mass is 10.00. The Morgan fingerprint density at radius 1 is 0.750 bits per heavy atom. The van der Waals surface area contributed by atoms with Gasteiger partial charge < -0.3 is 74.5 Å². The molecule has 0 bridgehead atoms. The third-order valence-electron chi connectivity index (χ3n) is 11.8. The molecule has 1 saturated heterocycles. The monoisotopic (exact) mass is 1050 g/mol. The van der Waals surface area contributed by atoms with E-state index in [9.17, 15) is 53.4 Å². The fourth-order valence-corrected chi connectivity index (χ4v) is 8.39. The molecule has 0 aliphatic carbocycles. The highest BCUT2D eigenvalue weighted by atomic mass is 32.1. The van der Waals surface area contributed by atoms with E-state index in [0.29, 0.717) is 12.0 Å². The first-order valence-electron chi connectivity index (χ1n) is 23.8. The number of nitrogens with zero attached hydrogens (tertiary/aromatic N) is 2. The van der Waals surface area contributed by atoms with Gasteiger partial charge in [-0.1, -0.05) is 45.9 Å². The number of carboxylic acid groups (broad SMARTS) is 1. The van der Waals surface area contributed by atoms with Crippen molar-refractivity contribution in [3.05, 3.63) is 36.0 Å². The molecule has 8 amide bonds. The number of H-pyrrole nitrogens is 1. The van der Waals surface area contributed by atoms with Crippen molar-refractivity contribution < 1.29 is 53.4 Å². The molecule has 0 spiro atoms. The summed E-state index contributed by atoms with van der Waals surface area (Å²) in [5, 5.41) is 38.2. The van der Waals surface area contributed by atoms with E-state index in [4.69, 9.17) is 17.2 Å². The van der Waals surface area contributed by atoms with E-state index in [-0.39, 0.29) is 68.6 Å². The first kappa shape index (κ1) is 60.2. The number of fused-ring (bicyclic) bond motifs is 1. The van der Waals surface area contributed by atoms with Gasteiger partial charge in [-0.3, -0.25) is 43.3 Å². The van der Waals surface area contributed by atoms with Gasteiger partial charge in [-0.25, -0.2) is 4.79 Å². The van der Waals surface area contributed by atoms with Gasteiger partial charge in [0, 0.05) is 48.1 Å². The number of likely N-dealkylation sites (tertiary alicyclic amines) is 1. The van der Waals surface area contributed by atoms with Crippen molar-refractivity contribution in [2.75, 3.05) is 24.6 Å². The summed E-state index contributed by atoms with van der Waals surface area (Å²) in [7, 11) is 0. The van der Waals surface area contributed by atoms with Gasteiger partial charge in [0.2, 0.25) is 47.3 Å².